The Balaban J connectivity index is 2.18. The molecule has 0 aromatic carbocycles. The van der Waals surface area contributed by atoms with Gasteiger partial charge in [0.15, 0.2) is 5.69 Å². The number of nitrogen functional groups attached to an aromatic ring is 1. The molecular weight excluding hydrogens is 232 g/mol. The number of amides is 1. The second-order valence-corrected chi connectivity index (χ2v) is 4.01. The van der Waals surface area contributed by atoms with Crippen molar-refractivity contribution >= 4 is 11.6 Å². The molecule has 6 nitrogen and oxygen atoms in total. The zero-order valence-corrected chi connectivity index (χ0v) is 10.4. The lowest BCUT2D eigenvalue weighted by atomic mass is 10.2. The van der Waals surface area contributed by atoms with Crippen LogP contribution >= 0.6 is 0 Å². The van der Waals surface area contributed by atoms with Crippen LogP contribution < -0.4 is 5.73 Å². The maximum atomic E-state index is 12.3. The number of nitrogens with one attached hydrogen (secondary N) is 1. The average Bonchev–Trinajstić information content (AvgIpc) is 2.98. The van der Waals surface area contributed by atoms with Crippen molar-refractivity contribution in [3.63, 3.8) is 0 Å². The number of furan rings is 1. The highest BCUT2D eigenvalue weighted by atomic mass is 16.3. The monoisotopic (exact) mass is 248 g/mol. The molecule has 1 amide bonds. The van der Waals surface area contributed by atoms with Crippen molar-refractivity contribution in [2.45, 2.75) is 20.4 Å². The third-order valence-corrected chi connectivity index (χ3v) is 2.79. The van der Waals surface area contributed by atoms with Gasteiger partial charge in [0.05, 0.1) is 24.2 Å². The first kappa shape index (κ1) is 12.2. The van der Waals surface area contributed by atoms with Crippen LogP contribution in [0.4, 0.5) is 5.69 Å². The fourth-order valence-electron chi connectivity index (χ4n) is 1.67. The van der Waals surface area contributed by atoms with E-state index in [1.54, 1.807) is 24.2 Å². The molecule has 2 heterocycles. The largest absolute Gasteiger partial charge is 0.467 e. The summed E-state index contributed by atoms with van der Waals surface area (Å²) >= 11 is 0. The normalized spacial score (nSPS) is 10.6. The Labute approximate surface area is 105 Å². The summed E-state index contributed by atoms with van der Waals surface area (Å²) in [6, 6.07) is 3.62. The van der Waals surface area contributed by atoms with Crippen molar-refractivity contribution < 1.29 is 9.21 Å². The third kappa shape index (κ3) is 2.22. The summed E-state index contributed by atoms with van der Waals surface area (Å²) in [5, 5.41) is 6.65. The zero-order valence-electron chi connectivity index (χ0n) is 10.4. The maximum absolute atomic E-state index is 12.3. The Hall–Kier alpha value is -2.24. The summed E-state index contributed by atoms with van der Waals surface area (Å²) < 4.78 is 5.23. The summed E-state index contributed by atoms with van der Waals surface area (Å²) in [7, 11) is 0. The van der Waals surface area contributed by atoms with Crippen LogP contribution in [0.3, 0.4) is 0 Å². The number of rotatable bonds is 4. The average molecular weight is 248 g/mol. The molecule has 0 unspecified atom stereocenters. The lowest BCUT2D eigenvalue weighted by Gasteiger charge is -2.18. The smallest absolute Gasteiger partial charge is 0.276 e. The Bertz CT molecular complexity index is 530. The molecule has 0 fully saturated rings. The van der Waals surface area contributed by atoms with E-state index in [1.165, 1.54) is 0 Å². The predicted octanol–water partition coefficient (Wildman–Crippen LogP) is 1.56. The van der Waals surface area contributed by atoms with Crippen LogP contribution in [0.25, 0.3) is 0 Å². The maximum Gasteiger partial charge on any atom is 0.276 e. The van der Waals surface area contributed by atoms with Crippen molar-refractivity contribution in [3.8, 4) is 0 Å². The number of carbonyl (C=O) groups excluding carboxylic acids is 1. The second-order valence-electron chi connectivity index (χ2n) is 4.01. The first-order valence-corrected chi connectivity index (χ1v) is 5.75. The van der Waals surface area contributed by atoms with Crippen molar-refractivity contribution in [2.24, 2.45) is 0 Å². The molecule has 2 rings (SSSR count). The van der Waals surface area contributed by atoms with Crippen LogP contribution in [0.5, 0.6) is 0 Å². The molecule has 0 spiro atoms. The summed E-state index contributed by atoms with van der Waals surface area (Å²) in [4.78, 5) is 13.9. The summed E-state index contributed by atoms with van der Waals surface area (Å²) in [5.74, 6) is 0.534. The van der Waals surface area contributed by atoms with Gasteiger partial charge in [-0.15, -0.1) is 0 Å². The van der Waals surface area contributed by atoms with Gasteiger partial charge in [0, 0.05) is 6.54 Å². The molecule has 6 heteroatoms. The molecule has 0 radical (unpaired) electrons. The fourth-order valence-corrected chi connectivity index (χ4v) is 1.67. The zero-order chi connectivity index (χ0) is 13.1. The van der Waals surface area contributed by atoms with Gasteiger partial charge >= 0.3 is 0 Å². The molecule has 0 atom stereocenters. The van der Waals surface area contributed by atoms with Gasteiger partial charge in [-0.25, -0.2) is 0 Å². The molecule has 3 N–H and O–H groups in total. The number of nitrogens with two attached hydrogens (primary N) is 1. The summed E-state index contributed by atoms with van der Waals surface area (Å²) in [5.41, 5.74) is 7.17. The van der Waals surface area contributed by atoms with Crippen LogP contribution in [-0.4, -0.2) is 27.5 Å². The van der Waals surface area contributed by atoms with E-state index in [1.807, 2.05) is 13.0 Å². The standard InChI is InChI=1S/C12H16N4O2/c1-3-16(7-9-5-4-6-18-9)12(17)11-10(13)8(2)14-15-11/h4-6H,3,7,13H2,1-2H3,(H,14,15). The lowest BCUT2D eigenvalue weighted by Crippen LogP contribution is -2.31. The van der Waals surface area contributed by atoms with Gasteiger partial charge in [-0.1, -0.05) is 0 Å². The molecule has 96 valence electrons. The number of anilines is 1. The van der Waals surface area contributed by atoms with E-state index < -0.39 is 0 Å². The molecule has 2 aromatic heterocycles. The minimum Gasteiger partial charge on any atom is -0.467 e. The van der Waals surface area contributed by atoms with Crippen LogP contribution in [0.15, 0.2) is 22.8 Å². The minimum atomic E-state index is -0.198. The van der Waals surface area contributed by atoms with Gasteiger partial charge in [-0.3, -0.25) is 9.89 Å². The summed E-state index contributed by atoms with van der Waals surface area (Å²) in [6.45, 7) is 4.65. The molecule has 0 saturated heterocycles. The number of aromatic amines is 1. The van der Waals surface area contributed by atoms with Gasteiger partial charge < -0.3 is 15.1 Å². The number of H-pyrrole nitrogens is 1. The molecule has 0 aliphatic heterocycles. The Morgan fingerprint density at radius 2 is 2.39 bits per heavy atom. The van der Waals surface area contributed by atoms with Crippen LogP contribution in [-0.2, 0) is 6.54 Å². The molecular formula is C12H16N4O2. The number of nitrogens with zero attached hydrogens (tertiary/aromatic N) is 2. The minimum absolute atomic E-state index is 0.198. The van der Waals surface area contributed by atoms with Gasteiger partial charge in [0.25, 0.3) is 5.91 Å². The van der Waals surface area contributed by atoms with Gasteiger partial charge in [-0.05, 0) is 26.0 Å². The Morgan fingerprint density at radius 3 is 2.89 bits per heavy atom. The number of aryl methyl sites for hydroxylation is 1. The number of carbonyl (C=O) groups is 1. The molecule has 0 saturated carbocycles. The van der Waals surface area contributed by atoms with E-state index in [4.69, 9.17) is 10.2 Å². The highest BCUT2D eigenvalue weighted by molar-refractivity contribution is 5.97. The Morgan fingerprint density at radius 1 is 1.61 bits per heavy atom. The van der Waals surface area contributed by atoms with Gasteiger partial charge in [-0.2, -0.15) is 5.10 Å². The molecule has 0 bridgehead atoms. The lowest BCUT2D eigenvalue weighted by molar-refractivity contribution is 0.0736. The highest BCUT2D eigenvalue weighted by Gasteiger charge is 2.21. The van der Waals surface area contributed by atoms with Crippen molar-refractivity contribution in [3.05, 3.63) is 35.5 Å². The number of hydrogen-bond acceptors (Lipinski definition) is 4. The van der Waals surface area contributed by atoms with Gasteiger partial charge in [0.1, 0.15) is 5.76 Å². The van der Waals surface area contributed by atoms with Crippen LogP contribution in [0.2, 0.25) is 0 Å². The Kier molecular flexibility index (Phi) is 3.36. The molecule has 2 aromatic rings. The van der Waals surface area contributed by atoms with Crippen LogP contribution in [0, 0.1) is 6.92 Å². The summed E-state index contributed by atoms with van der Waals surface area (Å²) in [6.07, 6.45) is 1.58. The van der Waals surface area contributed by atoms with E-state index in [9.17, 15) is 4.79 Å². The van der Waals surface area contributed by atoms with Crippen molar-refractivity contribution in [2.75, 3.05) is 12.3 Å². The number of hydrogen-bond donors (Lipinski definition) is 2. The van der Waals surface area contributed by atoms with Gasteiger partial charge in [0.2, 0.25) is 0 Å². The third-order valence-electron chi connectivity index (χ3n) is 2.79. The fraction of sp³-hybridized carbons (Fsp3) is 0.333. The molecule has 18 heavy (non-hydrogen) atoms. The van der Waals surface area contributed by atoms with E-state index >= 15 is 0 Å². The molecule has 0 aliphatic rings. The quantitative estimate of drug-likeness (QED) is 0.859. The van der Waals surface area contributed by atoms with E-state index in [2.05, 4.69) is 10.2 Å². The number of aromatic nitrogens is 2. The highest BCUT2D eigenvalue weighted by Crippen LogP contribution is 2.16. The van der Waals surface area contributed by atoms with E-state index in [0.717, 1.165) is 5.76 Å². The van der Waals surface area contributed by atoms with Crippen molar-refractivity contribution in [1.82, 2.24) is 15.1 Å². The predicted molar refractivity (Wildman–Crippen MR) is 66.9 cm³/mol. The van der Waals surface area contributed by atoms with Crippen molar-refractivity contribution in [1.29, 1.82) is 0 Å². The van der Waals surface area contributed by atoms with E-state index in [-0.39, 0.29) is 11.6 Å². The SMILES string of the molecule is CCN(Cc1ccco1)C(=O)c1n[nH]c(C)c1N. The second kappa shape index (κ2) is 4.95. The van der Waals surface area contributed by atoms with E-state index in [0.29, 0.717) is 24.5 Å². The topological polar surface area (TPSA) is 88.2 Å². The molecule has 0 aliphatic carbocycles. The van der Waals surface area contributed by atoms with Crippen LogP contribution in [0.1, 0.15) is 28.9 Å². The first-order chi connectivity index (χ1) is 8.63. The first-order valence-electron chi connectivity index (χ1n) is 5.75.